The van der Waals surface area contributed by atoms with Crippen LogP contribution in [0.2, 0.25) is 0 Å². The van der Waals surface area contributed by atoms with Crippen LogP contribution in [-0.2, 0) is 0 Å². The predicted molar refractivity (Wildman–Crippen MR) is 105 cm³/mol. The van der Waals surface area contributed by atoms with Gasteiger partial charge in [-0.05, 0) is 45.6 Å². The standard InChI is InChI=1S/C20H33N5/c1-3-17(2)16-24-14-9-18(10-15-24)22-20-21-11-8-19(23-20)25-12-6-4-5-7-13-25/h3,8,11,18H,4-7,9-10,12-16H2,1-2H3,(H,21,22,23). The summed E-state index contributed by atoms with van der Waals surface area (Å²) in [6, 6.07) is 2.54. The lowest BCUT2D eigenvalue weighted by Gasteiger charge is -2.32. The number of rotatable bonds is 5. The van der Waals surface area contributed by atoms with Crippen LogP contribution in [-0.4, -0.2) is 53.6 Å². The number of allylic oxidation sites excluding steroid dienone is 1. The van der Waals surface area contributed by atoms with E-state index in [4.69, 9.17) is 4.98 Å². The normalized spacial score (nSPS) is 21.2. The first-order valence-corrected chi connectivity index (χ1v) is 9.93. The van der Waals surface area contributed by atoms with Gasteiger partial charge in [0.2, 0.25) is 5.95 Å². The molecule has 0 amide bonds. The molecule has 0 bridgehead atoms. The van der Waals surface area contributed by atoms with Crippen molar-refractivity contribution in [3.63, 3.8) is 0 Å². The van der Waals surface area contributed by atoms with Crippen molar-refractivity contribution in [2.75, 3.05) is 42.9 Å². The zero-order valence-electron chi connectivity index (χ0n) is 15.9. The summed E-state index contributed by atoms with van der Waals surface area (Å²) in [5.41, 5.74) is 1.46. The number of likely N-dealkylation sites (tertiary alicyclic amines) is 1. The van der Waals surface area contributed by atoms with Gasteiger partial charge in [0.1, 0.15) is 5.82 Å². The third-order valence-electron chi connectivity index (χ3n) is 5.46. The second kappa shape index (κ2) is 9.18. The molecule has 5 nitrogen and oxygen atoms in total. The van der Waals surface area contributed by atoms with Crippen LogP contribution in [0.4, 0.5) is 11.8 Å². The van der Waals surface area contributed by atoms with Gasteiger partial charge in [-0.3, -0.25) is 4.90 Å². The Kier molecular flexibility index (Phi) is 6.68. The summed E-state index contributed by atoms with van der Waals surface area (Å²) in [5, 5.41) is 3.57. The first-order valence-electron chi connectivity index (χ1n) is 9.93. The molecule has 3 rings (SSSR count). The zero-order chi connectivity index (χ0) is 17.5. The summed E-state index contributed by atoms with van der Waals surface area (Å²) in [5.74, 6) is 1.88. The van der Waals surface area contributed by atoms with Crippen LogP contribution in [0.25, 0.3) is 0 Å². The van der Waals surface area contributed by atoms with Crippen LogP contribution in [0.5, 0.6) is 0 Å². The largest absolute Gasteiger partial charge is 0.356 e. The van der Waals surface area contributed by atoms with Crippen molar-refractivity contribution >= 4 is 11.8 Å². The summed E-state index contributed by atoms with van der Waals surface area (Å²) in [7, 11) is 0. The fraction of sp³-hybridized carbons (Fsp3) is 0.700. The molecule has 3 heterocycles. The zero-order valence-corrected chi connectivity index (χ0v) is 15.9. The Labute approximate surface area is 152 Å². The Morgan fingerprint density at radius 2 is 1.88 bits per heavy atom. The molecule has 0 aromatic carbocycles. The van der Waals surface area contributed by atoms with E-state index in [2.05, 4.69) is 46.1 Å². The molecule has 0 radical (unpaired) electrons. The Morgan fingerprint density at radius 1 is 1.16 bits per heavy atom. The van der Waals surface area contributed by atoms with Crippen LogP contribution in [0.1, 0.15) is 52.4 Å². The minimum absolute atomic E-state index is 0.488. The van der Waals surface area contributed by atoms with Gasteiger partial charge >= 0.3 is 0 Å². The minimum Gasteiger partial charge on any atom is -0.356 e. The number of aromatic nitrogens is 2. The summed E-state index contributed by atoms with van der Waals surface area (Å²) in [6.45, 7) is 9.98. The van der Waals surface area contributed by atoms with Crippen molar-refractivity contribution < 1.29 is 0 Å². The van der Waals surface area contributed by atoms with Crippen molar-refractivity contribution in [1.29, 1.82) is 0 Å². The van der Waals surface area contributed by atoms with Gasteiger partial charge in [0, 0.05) is 45.0 Å². The lowest BCUT2D eigenvalue weighted by atomic mass is 10.0. The quantitative estimate of drug-likeness (QED) is 0.826. The number of nitrogens with one attached hydrogen (secondary N) is 1. The smallest absolute Gasteiger partial charge is 0.224 e. The summed E-state index contributed by atoms with van der Waals surface area (Å²) in [4.78, 5) is 14.2. The van der Waals surface area contributed by atoms with Gasteiger partial charge in [-0.15, -0.1) is 0 Å². The highest BCUT2D eigenvalue weighted by molar-refractivity contribution is 5.43. The first kappa shape index (κ1) is 18.2. The second-order valence-corrected chi connectivity index (χ2v) is 7.47. The number of nitrogens with zero attached hydrogens (tertiary/aromatic N) is 4. The van der Waals surface area contributed by atoms with E-state index in [0.717, 1.165) is 57.3 Å². The van der Waals surface area contributed by atoms with Crippen molar-refractivity contribution in [3.8, 4) is 0 Å². The van der Waals surface area contributed by atoms with Crippen molar-refractivity contribution in [2.45, 2.75) is 58.4 Å². The molecule has 0 aliphatic carbocycles. The van der Waals surface area contributed by atoms with Gasteiger partial charge < -0.3 is 10.2 Å². The predicted octanol–water partition coefficient (Wildman–Crippen LogP) is 3.70. The third-order valence-corrected chi connectivity index (χ3v) is 5.46. The molecule has 25 heavy (non-hydrogen) atoms. The van der Waals surface area contributed by atoms with Gasteiger partial charge in [0.05, 0.1) is 0 Å². The molecule has 2 fully saturated rings. The Bertz CT molecular complexity index is 555. The van der Waals surface area contributed by atoms with E-state index in [9.17, 15) is 0 Å². The highest BCUT2D eigenvalue weighted by Gasteiger charge is 2.20. The average molecular weight is 344 g/mol. The van der Waals surface area contributed by atoms with Crippen LogP contribution in [0.15, 0.2) is 23.9 Å². The molecule has 0 saturated carbocycles. The van der Waals surface area contributed by atoms with Crippen molar-refractivity contribution in [1.82, 2.24) is 14.9 Å². The molecule has 1 aromatic heterocycles. The number of piperidine rings is 1. The Hall–Kier alpha value is -1.62. The lowest BCUT2D eigenvalue weighted by molar-refractivity contribution is 0.235. The topological polar surface area (TPSA) is 44.3 Å². The third kappa shape index (κ3) is 5.43. The maximum Gasteiger partial charge on any atom is 0.224 e. The number of hydrogen-bond donors (Lipinski definition) is 1. The average Bonchev–Trinajstić information content (AvgIpc) is 2.93. The highest BCUT2D eigenvalue weighted by atomic mass is 15.2. The molecular weight excluding hydrogens is 310 g/mol. The SMILES string of the molecule is CC=C(C)CN1CCC(Nc2nccc(N3CCCCCC3)n2)CC1. The summed E-state index contributed by atoms with van der Waals surface area (Å²) in [6.07, 6.45) is 11.7. The maximum atomic E-state index is 4.79. The summed E-state index contributed by atoms with van der Waals surface area (Å²) >= 11 is 0. The Morgan fingerprint density at radius 3 is 2.56 bits per heavy atom. The lowest BCUT2D eigenvalue weighted by Crippen LogP contribution is -2.40. The molecular formula is C20H33N5. The van der Waals surface area contributed by atoms with E-state index in [1.807, 2.05) is 6.20 Å². The van der Waals surface area contributed by atoms with Gasteiger partial charge in [0.25, 0.3) is 0 Å². The molecule has 0 unspecified atom stereocenters. The van der Waals surface area contributed by atoms with Gasteiger partial charge in [0.15, 0.2) is 0 Å². The van der Waals surface area contributed by atoms with E-state index in [-0.39, 0.29) is 0 Å². The first-order chi connectivity index (χ1) is 12.2. The molecule has 5 heteroatoms. The van der Waals surface area contributed by atoms with Crippen LogP contribution in [0.3, 0.4) is 0 Å². The molecule has 1 aromatic rings. The molecule has 1 N–H and O–H groups in total. The monoisotopic (exact) mass is 343 g/mol. The van der Waals surface area contributed by atoms with E-state index < -0.39 is 0 Å². The molecule has 0 atom stereocenters. The van der Waals surface area contributed by atoms with E-state index in [1.165, 1.54) is 31.3 Å². The molecule has 2 aliphatic rings. The Balaban J connectivity index is 1.52. The van der Waals surface area contributed by atoms with Gasteiger partial charge in [-0.1, -0.05) is 24.5 Å². The number of anilines is 2. The fourth-order valence-electron chi connectivity index (χ4n) is 3.76. The minimum atomic E-state index is 0.488. The van der Waals surface area contributed by atoms with E-state index in [1.54, 1.807) is 0 Å². The van der Waals surface area contributed by atoms with Gasteiger partial charge in [-0.2, -0.15) is 4.98 Å². The van der Waals surface area contributed by atoms with Crippen LogP contribution in [0, 0.1) is 0 Å². The molecule has 2 saturated heterocycles. The van der Waals surface area contributed by atoms with Crippen LogP contribution < -0.4 is 10.2 Å². The maximum absolute atomic E-state index is 4.79. The van der Waals surface area contributed by atoms with E-state index in [0.29, 0.717) is 6.04 Å². The molecule has 0 spiro atoms. The number of hydrogen-bond acceptors (Lipinski definition) is 5. The van der Waals surface area contributed by atoms with Crippen molar-refractivity contribution in [2.24, 2.45) is 0 Å². The van der Waals surface area contributed by atoms with Gasteiger partial charge in [-0.25, -0.2) is 4.98 Å². The second-order valence-electron chi connectivity index (χ2n) is 7.47. The summed E-state index contributed by atoms with van der Waals surface area (Å²) < 4.78 is 0. The van der Waals surface area contributed by atoms with Crippen molar-refractivity contribution in [3.05, 3.63) is 23.9 Å². The van der Waals surface area contributed by atoms with Crippen LogP contribution >= 0.6 is 0 Å². The fourth-order valence-corrected chi connectivity index (χ4v) is 3.76. The highest BCUT2D eigenvalue weighted by Crippen LogP contribution is 2.20. The molecule has 2 aliphatic heterocycles. The molecule has 138 valence electrons. The van der Waals surface area contributed by atoms with E-state index >= 15 is 0 Å².